The predicted octanol–water partition coefficient (Wildman–Crippen LogP) is 1.51. The Morgan fingerprint density at radius 1 is 1.42 bits per heavy atom. The van der Waals surface area contributed by atoms with Gasteiger partial charge in [0.25, 0.3) is 0 Å². The molecule has 3 heterocycles. The Bertz CT molecular complexity index is 629. The number of pyridine rings is 1. The molecule has 0 spiro atoms. The first kappa shape index (κ1) is 12.0. The highest BCUT2D eigenvalue weighted by Gasteiger charge is 2.24. The maximum Gasteiger partial charge on any atom is 0.356 e. The lowest BCUT2D eigenvalue weighted by Crippen LogP contribution is -2.16. The third kappa shape index (κ3) is 2.04. The Morgan fingerprint density at radius 3 is 2.84 bits per heavy atom. The molecule has 0 saturated carbocycles. The topological polar surface area (TPSA) is 89.9 Å². The number of carboxylic acid groups (broad SMARTS) is 1. The molecule has 19 heavy (non-hydrogen) atoms. The van der Waals surface area contributed by atoms with E-state index in [0.29, 0.717) is 24.4 Å². The molecule has 0 unspecified atom stereocenters. The summed E-state index contributed by atoms with van der Waals surface area (Å²) in [5.41, 5.74) is 7.05. The minimum absolute atomic E-state index is 0.0847. The Hall–Kier alpha value is -2.08. The Labute approximate surface area is 109 Å². The third-order valence-corrected chi connectivity index (χ3v) is 3.48. The number of anilines is 1. The molecule has 6 heteroatoms. The number of hydrogen-bond donors (Lipinski definition) is 2. The highest BCUT2D eigenvalue weighted by Crippen LogP contribution is 2.28. The van der Waals surface area contributed by atoms with E-state index in [1.807, 2.05) is 0 Å². The van der Waals surface area contributed by atoms with E-state index in [-0.39, 0.29) is 11.6 Å². The maximum absolute atomic E-state index is 11.3. The molecule has 3 rings (SSSR count). The molecule has 2 aromatic heterocycles. The van der Waals surface area contributed by atoms with Crippen LogP contribution in [0.4, 0.5) is 5.69 Å². The van der Waals surface area contributed by atoms with Crippen molar-refractivity contribution < 1.29 is 14.6 Å². The lowest BCUT2D eigenvalue weighted by atomic mass is 9.99. The van der Waals surface area contributed by atoms with Gasteiger partial charge in [0.05, 0.1) is 5.52 Å². The number of aromatic carboxylic acids is 1. The number of aromatic nitrogens is 2. The van der Waals surface area contributed by atoms with Crippen LogP contribution in [0.1, 0.15) is 35.1 Å². The number of carbonyl (C=O) groups is 1. The van der Waals surface area contributed by atoms with Gasteiger partial charge in [-0.05, 0) is 25.0 Å². The number of imidazole rings is 1. The van der Waals surface area contributed by atoms with Crippen molar-refractivity contribution in [1.82, 2.24) is 9.38 Å². The molecule has 3 N–H and O–H groups in total. The van der Waals surface area contributed by atoms with Crippen LogP contribution in [0.3, 0.4) is 0 Å². The summed E-state index contributed by atoms with van der Waals surface area (Å²) in [6.07, 6.45) is 3.44. The first-order chi connectivity index (χ1) is 9.16. The van der Waals surface area contributed by atoms with Gasteiger partial charge in [0, 0.05) is 31.0 Å². The van der Waals surface area contributed by atoms with Gasteiger partial charge in [0.1, 0.15) is 5.82 Å². The third-order valence-electron chi connectivity index (χ3n) is 3.48. The zero-order valence-electron chi connectivity index (χ0n) is 10.4. The van der Waals surface area contributed by atoms with Crippen molar-refractivity contribution in [3.8, 4) is 0 Å². The molecule has 6 nitrogen and oxygen atoms in total. The highest BCUT2D eigenvalue weighted by atomic mass is 16.5. The Kier molecular flexibility index (Phi) is 2.87. The quantitative estimate of drug-likeness (QED) is 0.855. The average Bonchev–Trinajstić information content (AvgIpc) is 2.78. The number of carboxylic acids is 1. The zero-order chi connectivity index (χ0) is 13.4. The summed E-state index contributed by atoms with van der Waals surface area (Å²) in [6, 6.07) is 3.39. The summed E-state index contributed by atoms with van der Waals surface area (Å²) in [6.45, 7) is 1.37. The van der Waals surface area contributed by atoms with Gasteiger partial charge in [-0.15, -0.1) is 0 Å². The molecule has 1 aliphatic heterocycles. The Balaban J connectivity index is 2.17. The summed E-state index contributed by atoms with van der Waals surface area (Å²) in [5.74, 6) is -0.0280. The van der Waals surface area contributed by atoms with Crippen molar-refractivity contribution in [3.05, 3.63) is 29.8 Å². The summed E-state index contributed by atoms with van der Waals surface area (Å²) in [7, 11) is 0. The number of nitrogens with two attached hydrogens (primary N) is 1. The van der Waals surface area contributed by atoms with Crippen molar-refractivity contribution in [2.45, 2.75) is 18.8 Å². The van der Waals surface area contributed by atoms with Crippen LogP contribution in [0.25, 0.3) is 5.52 Å². The summed E-state index contributed by atoms with van der Waals surface area (Å²) in [5, 5.41) is 9.23. The van der Waals surface area contributed by atoms with E-state index < -0.39 is 5.97 Å². The lowest BCUT2D eigenvalue weighted by Gasteiger charge is -2.20. The molecule has 100 valence electrons. The number of hydrogen-bond acceptors (Lipinski definition) is 4. The molecule has 1 aliphatic rings. The molecule has 0 amide bonds. The van der Waals surface area contributed by atoms with Crippen LogP contribution < -0.4 is 5.73 Å². The van der Waals surface area contributed by atoms with Crippen LogP contribution in [0, 0.1) is 0 Å². The van der Waals surface area contributed by atoms with Crippen LogP contribution in [0.15, 0.2) is 18.3 Å². The molecule has 0 aromatic carbocycles. The minimum atomic E-state index is -1.01. The van der Waals surface area contributed by atoms with Gasteiger partial charge >= 0.3 is 5.97 Å². The van der Waals surface area contributed by atoms with Crippen molar-refractivity contribution in [2.24, 2.45) is 0 Å². The lowest BCUT2D eigenvalue weighted by molar-refractivity contribution is 0.0692. The van der Waals surface area contributed by atoms with Crippen LogP contribution in [-0.4, -0.2) is 33.7 Å². The van der Waals surface area contributed by atoms with E-state index >= 15 is 0 Å². The zero-order valence-corrected chi connectivity index (χ0v) is 10.4. The first-order valence-corrected chi connectivity index (χ1v) is 6.25. The molecular weight excluding hydrogens is 246 g/mol. The van der Waals surface area contributed by atoms with Crippen molar-refractivity contribution >= 4 is 17.2 Å². The predicted molar refractivity (Wildman–Crippen MR) is 69.4 cm³/mol. The number of nitrogen functional groups attached to an aromatic ring is 1. The van der Waals surface area contributed by atoms with Gasteiger partial charge in [-0.1, -0.05) is 0 Å². The van der Waals surface area contributed by atoms with E-state index in [1.54, 1.807) is 22.7 Å². The normalized spacial score (nSPS) is 16.8. The van der Waals surface area contributed by atoms with Crippen LogP contribution >= 0.6 is 0 Å². The molecule has 0 bridgehead atoms. The smallest absolute Gasteiger partial charge is 0.356 e. The van der Waals surface area contributed by atoms with Gasteiger partial charge in [-0.25, -0.2) is 9.78 Å². The van der Waals surface area contributed by atoms with Gasteiger partial charge in [-0.2, -0.15) is 0 Å². The standard InChI is InChI=1S/C13H15N3O3/c14-9-1-2-10-11(13(17)18)15-12(16(10)7-9)8-3-5-19-6-4-8/h1-2,7-8H,3-6,14H2,(H,17,18). The van der Waals surface area contributed by atoms with Crippen LogP contribution in [-0.2, 0) is 4.74 Å². The van der Waals surface area contributed by atoms with Crippen LogP contribution in [0.5, 0.6) is 0 Å². The number of rotatable bonds is 2. The number of ether oxygens (including phenoxy) is 1. The number of fused-ring (bicyclic) bond motifs is 1. The minimum Gasteiger partial charge on any atom is -0.476 e. The van der Waals surface area contributed by atoms with Gasteiger partial charge < -0.3 is 20.0 Å². The van der Waals surface area contributed by atoms with E-state index in [1.165, 1.54) is 0 Å². The van der Waals surface area contributed by atoms with E-state index in [4.69, 9.17) is 10.5 Å². The molecule has 0 radical (unpaired) electrons. The SMILES string of the molecule is Nc1ccc2c(C(=O)O)nc(C3CCOCC3)n2c1. The fraction of sp³-hybridized carbons (Fsp3) is 0.385. The van der Waals surface area contributed by atoms with Crippen LogP contribution in [0.2, 0.25) is 0 Å². The summed E-state index contributed by atoms with van der Waals surface area (Å²) < 4.78 is 7.13. The summed E-state index contributed by atoms with van der Waals surface area (Å²) in [4.78, 5) is 15.6. The fourth-order valence-corrected chi connectivity index (χ4v) is 2.53. The van der Waals surface area contributed by atoms with Gasteiger partial charge in [-0.3, -0.25) is 0 Å². The fourth-order valence-electron chi connectivity index (χ4n) is 2.53. The molecule has 0 atom stereocenters. The van der Waals surface area contributed by atoms with Gasteiger partial charge in [0.15, 0.2) is 5.69 Å². The second-order valence-electron chi connectivity index (χ2n) is 4.73. The van der Waals surface area contributed by atoms with Crippen molar-refractivity contribution in [1.29, 1.82) is 0 Å². The Morgan fingerprint density at radius 2 is 2.16 bits per heavy atom. The van der Waals surface area contributed by atoms with E-state index in [9.17, 15) is 9.90 Å². The largest absolute Gasteiger partial charge is 0.476 e. The molecule has 1 fully saturated rings. The maximum atomic E-state index is 11.3. The summed E-state index contributed by atoms with van der Waals surface area (Å²) >= 11 is 0. The number of nitrogens with zero attached hydrogens (tertiary/aromatic N) is 2. The van der Waals surface area contributed by atoms with Crippen molar-refractivity contribution in [2.75, 3.05) is 18.9 Å². The first-order valence-electron chi connectivity index (χ1n) is 6.25. The second kappa shape index (κ2) is 4.55. The monoisotopic (exact) mass is 261 g/mol. The van der Waals surface area contributed by atoms with E-state index in [2.05, 4.69) is 4.98 Å². The molecule has 2 aromatic rings. The average molecular weight is 261 g/mol. The van der Waals surface area contributed by atoms with E-state index in [0.717, 1.165) is 18.7 Å². The highest BCUT2D eigenvalue weighted by molar-refractivity contribution is 5.93. The molecular formula is C13H15N3O3. The molecule has 1 saturated heterocycles. The molecule has 0 aliphatic carbocycles. The van der Waals surface area contributed by atoms with Gasteiger partial charge in [0.2, 0.25) is 0 Å². The second-order valence-corrected chi connectivity index (χ2v) is 4.73. The van der Waals surface area contributed by atoms with Crippen molar-refractivity contribution in [3.63, 3.8) is 0 Å².